The molecule has 0 bridgehead atoms. The fourth-order valence-corrected chi connectivity index (χ4v) is 2.74. The summed E-state index contributed by atoms with van der Waals surface area (Å²) < 4.78 is 38.9. The van der Waals surface area contributed by atoms with Crippen LogP contribution in [0.5, 0.6) is 0 Å². The van der Waals surface area contributed by atoms with Gasteiger partial charge >= 0.3 is 6.18 Å². The third-order valence-corrected chi connectivity index (χ3v) is 3.95. The van der Waals surface area contributed by atoms with Crippen LogP contribution < -0.4 is 11.1 Å². The Kier molecular flexibility index (Phi) is 3.77. The summed E-state index contributed by atoms with van der Waals surface area (Å²) in [4.78, 5) is 11.6. The fraction of sp³-hybridized carbons (Fsp3) is 0.667. The SMILES string of the molecule is CNC1(C(N)=O)CCCC(n2ccc(C(F)(F)F)n2)C1. The van der Waals surface area contributed by atoms with Gasteiger partial charge in [-0.25, -0.2) is 0 Å². The second-order valence-electron chi connectivity index (χ2n) is 5.13. The average molecular weight is 290 g/mol. The smallest absolute Gasteiger partial charge is 0.368 e. The van der Waals surface area contributed by atoms with E-state index in [1.54, 1.807) is 7.05 Å². The van der Waals surface area contributed by atoms with Crippen molar-refractivity contribution in [3.63, 3.8) is 0 Å². The Bertz CT molecular complexity index is 499. The van der Waals surface area contributed by atoms with Crippen molar-refractivity contribution in [2.75, 3.05) is 7.05 Å². The number of carbonyl (C=O) groups is 1. The first-order chi connectivity index (χ1) is 9.28. The molecule has 8 heteroatoms. The number of nitrogens with one attached hydrogen (secondary N) is 1. The molecule has 1 aromatic heterocycles. The van der Waals surface area contributed by atoms with Gasteiger partial charge in [0.25, 0.3) is 0 Å². The van der Waals surface area contributed by atoms with E-state index in [2.05, 4.69) is 10.4 Å². The largest absolute Gasteiger partial charge is 0.435 e. The molecule has 112 valence electrons. The van der Waals surface area contributed by atoms with E-state index < -0.39 is 23.3 Å². The molecule has 2 rings (SSSR count). The van der Waals surface area contributed by atoms with Gasteiger partial charge in [0.15, 0.2) is 5.69 Å². The molecule has 1 fully saturated rings. The molecule has 1 aliphatic carbocycles. The molecule has 1 heterocycles. The van der Waals surface area contributed by atoms with Crippen LogP contribution in [0.1, 0.15) is 37.4 Å². The van der Waals surface area contributed by atoms with Crippen LogP contribution in [0.4, 0.5) is 13.2 Å². The van der Waals surface area contributed by atoms with Crippen LogP contribution in [0.2, 0.25) is 0 Å². The van der Waals surface area contributed by atoms with E-state index in [-0.39, 0.29) is 6.04 Å². The van der Waals surface area contributed by atoms with E-state index in [1.807, 2.05) is 0 Å². The number of amides is 1. The van der Waals surface area contributed by atoms with E-state index in [0.717, 1.165) is 6.07 Å². The van der Waals surface area contributed by atoms with Gasteiger partial charge in [-0.3, -0.25) is 9.48 Å². The molecule has 20 heavy (non-hydrogen) atoms. The maximum absolute atomic E-state index is 12.6. The molecule has 3 N–H and O–H groups in total. The van der Waals surface area contributed by atoms with Crippen molar-refractivity contribution in [1.29, 1.82) is 0 Å². The molecule has 5 nitrogen and oxygen atoms in total. The molecule has 1 aliphatic rings. The van der Waals surface area contributed by atoms with Gasteiger partial charge in [-0.1, -0.05) is 0 Å². The van der Waals surface area contributed by atoms with E-state index in [0.29, 0.717) is 25.7 Å². The topological polar surface area (TPSA) is 72.9 Å². The van der Waals surface area contributed by atoms with Gasteiger partial charge in [-0.05, 0) is 38.8 Å². The highest BCUT2D eigenvalue weighted by Gasteiger charge is 2.41. The second kappa shape index (κ2) is 5.08. The average Bonchev–Trinajstić information content (AvgIpc) is 2.88. The van der Waals surface area contributed by atoms with Gasteiger partial charge in [0.1, 0.15) is 0 Å². The lowest BCUT2D eigenvalue weighted by molar-refractivity contribution is -0.141. The van der Waals surface area contributed by atoms with Gasteiger partial charge in [0.2, 0.25) is 5.91 Å². The first-order valence-corrected chi connectivity index (χ1v) is 6.40. The minimum absolute atomic E-state index is 0.264. The Morgan fingerprint density at radius 1 is 1.60 bits per heavy atom. The lowest BCUT2D eigenvalue weighted by Gasteiger charge is -2.38. The molecule has 2 atom stereocenters. The number of hydrogen-bond donors (Lipinski definition) is 2. The minimum atomic E-state index is -4.45. The number of carbonyl (C=O) groups excluding carboxylic acids is 1. The lowest BCUT2D eigenvalue weighted by Crippen LogP contribution is -2.56. The third-order valence-electron chi connectivity index (χ3n) is 3.95. The predicted octanol–water partition coefficient (Wildman–Crippen LogP) is 1.46. The molecule has 2 unspecified atom stereocenters. The molecule has 0 saturated heterocycles. The summed E-state index contributed by atoms with van der Waals surface area (Å²) >= 11 is 0. The standard InChI is InChI=1S/C12H17F3N4O/c1-17-11(10(16)20)5-2-3-8(7-11)19-6-4-9(18-19)12(13,14)15/h4,6,8,17H,2-3,5,7H2,1H3,(H2,16,20). The van der Waals surface area contributed by atoms with Gasteiger partial charge in [-0.15, -0.1) is 0 Å². The Labute approximate surface area is 114 Å². The molecule has 0 aliphatic heterocycles. The summed E-state index contributed by atoms with van der Waals surface area (Å²) in [5, 5.41) is 6.49. The van der Waals surface area contributed by atoms with Crippen molar-refractivity contribution in [1.82, 2.24) is 15.1 Å². The summed E-state index contributed by atoms with van der Waals surface area (Å²) in [6.45, 7) is 0. The molecule has 0 spiro atoms. The predicted molar refractivity (Wildman–Crippen MR) is 65.7 cm³/mol. The van der Waals surface area contributed by atoms with Crippen LogP contribution >= 0.6 is 0 Å². The van der Waals surface area contributed by atoms with E-state index in [9.17, 15) is 18.0 Å². The number of rotatable bonds is 3. The summed E-state index contributed by atoms with van der Waals surface area (Å²) in [7, 11) is 1.64. The van der Waals surface area contributed by atoms with Crippen LogP contribution in [0.25, 0.3) is 0 Å². The normalized spacial score (nSPS) is 27.5. The second-order valence-corrected chi connectivity index (χ2v) is 5.13. The zero-order chi connectivity index (χ0) is 15.0. The van der Waals surface area contributed by atoms with Crippen molar-refractivity contribution >= 4 is 5.91 Å². The Morgan fingerprint density at radius 2 is 2.30 bits per heavy atom. The lowest BCUT2D eigenvalue weighted by atomic mass is 9.78. The maximum Gasteiger partial charge on any atom is 0.435 e. The van der Waals surface area contributed by atoms with E-state index in [1.165, 1.54) is 10.9 Å². The molecule has 0 aromatic carbocycles. The number of hydrogen-bond acceptors (Lipinski definition) is 3. The van der Waals surface area contributed by atoms with Crippen molar-refractivity contribution < 1.29 is 18.0 Å². The van der Waals surface area contributed by atoms with Crippen molar-refractivity contribution in [2.45, 2.75) is 43.4 Å². The highest BCUT2D eigenvalue weighted by atomic mass is 19.4. The number of likely N-dealkylation sites (N-methyl/N-ethyl adjacent to an activating group) is 1. The quantitative estimate of drug-likeness (QED) is 0.885. The van der Waals surface area contributed by atoms with Crippen molar-refractivity contribution in [3.05, 3.63) is 18.0 Å². The Balaban J connectivity index is 2.21. The highest BCUT2D eigenvalue weighted by molar-refractivity contribution is 5.84. The number of nitrogens with zero attached hydrogens (tertiary/aromatic N) is 2. The third kappa shape index (κ3) is 2.65. The monoisotopic (exact) mass is 290 g/mol. The van der Waals surface area contributed by atoms with Crippen LogP contribution in [0.15, 0.2) is 12.3 Å². The number of aromatic nitrogens is 2. The highest BCUT2D eigenvalue weighted by Crippen LogP contribution is 2.36. The summed E-state index contributed by atoms with van der Waals surface area (Å²) in [5.74, 6) is -0.479. The molecule has 1 saturated carbocycles. The molecule has 1 aromatic rings. The summed E-state index contributed by atoms with van der Waals surface area (Å²) in [6.07, 6.45) is -0.837. The molecular formula is C12H17F3N4O. The molecule has 1 amide bonds. The zero-order valence-electron chi connectivity index (χ0n) is 11.1. The first kappa shape index (κ1) is 14.8. The molecule has 0 radical (unpaired) electrons. The number of alkyl halides is 3. The van der Waals surface area contributed by atoms with E-state index >= 15 is 0 Å². The van der Waals surface area contributed by atoms with E-state index in [4.69, 9.17) is 5.73 Å². The number of primary amides is 1. The maximum atomic E-state index is 12.6. The van der Waals surface area contributed by atoms with Crippen molar-refractivity contribution in [2.24, 2.45) is 5.73 Å². The Hall–Kier alpha value is -1.57. The van der Waals surface area contributed by atoms with Crippen LogP contribution in [-0.2, 0) is 11.0 Å². The Morgan fingerprint density at radius 3 is 2.80 bits per heavy atom. The van der Waals surface area contributed by atoms with Gasteiger partial charge in [-0.2, -0.15) is 18.3 Å². The van der Waals surface area contributed by atoms with Gasteiger partial charge < -0.3 is 11.1 Å². The van der Waals surface area contributed by atoms with Gasteiger partial charge in [0, 0.05) is 6.20 Å². The van der Waals surface area contributed by atoms with Crippen LogP contribution in [0, 0.1) is 0 Å². The van der Waals surface area contributed by atoms with Crippen LogP contribution in [0.3, 0.4) is 0 Å². The van der Waals surface area contributed by atoms with Crippen molar-refractivity contribution in [3.8, 4) is 0 Å². The molecular weight excluding hydrogens is 273 g/mol. The van der Waals surface area contributed by atoms with Crippen LogP contribution in [-0.4, -0.2) is 28.3 Å². The van der Waals surface area contributed by atoms with Gasteiger partial charge in [0.05, 0.1) is 11.6 Å². The number of halogens is 3. The zero-order valence-corrected chi connectivity index (χ0v) is 11.1. The summed E-state index contributed by atoms with van der Waals surface area (Å²) in [6, 6.07) is 0.680. The first-order valence-electron chi connectivity index (χ1n) is 6.40. The fourth-order valence-electron chi connectivity index (χ4n) is 2.74. The minimum Gasteiger partial charge on any atom is -0.368 e. The number of nitrogens with two attached hydrogens (primary N) is 1. The summed E-state index contributed by atoms with van der Waals surface area (Å²) in [5.41, 5.74) is 3.63.